The zero-order chi connectivity index (χ0) is 16.3. The number of benzene rings is 1. The largest absolute Gasteiger partial charge is 0.494 e. The molecule has 0 amide bonds. The number of halogens is 1. The van der Waals surface area contributed by atoms with E-state index in [0.717, 1.165) is 24.2 Å². The lowest BCUT2D eigenvalue weighted by Crippen LogP contribution is -2.13. The lowest BCUT2D eigenvalue weighted by Gasteiger charge is -2.28. The zero-order valence-corrected chi connectivity index (χ0v) is 18.3. The molecule has 0 unspecified atom stereocenters. The van der Waals surface area contributed by atoms with Crippen LogP contribution in [0.4, 0.5) is 0 Å². The maximum atomic E-state index is 5.89. The highest BCUT2D eigenvalue weighted by molar-refractivity contribution is 14.1. The van der Waals surface area contributed by atoms with E-state index in [1.165, 1.54) is 69.4 Å². The van der Waals surface area contributed by atoms with Gasteiger partial charge in [-0.1, -0.05) is 50.8 Å². The van der Waals surface area contributed by atoms with Gasteiger partial charge in [-0.2, -0.15) is 0 Å². The summed E-state index contributed by atoms with van der Waals surface area (Å²) in [4.78, 5) is 0. The van der Waals surface area contributed by atoms with Crippen molar-refractivity contribution in [3.63, 3.8) is 0 Å². The summed E-state index contributed by atoms with van der Waals surface area (Å²) in [6.45, 7) is 3.19. The Kier molecular flexibility index (Phi) is 9.65. The van der Waals surface area contributed by atoms with E-state index in [2.05, 4.69) is 53.0 Å². The molecule has 1 aliphatic carbocycles. The van der Waals surface area contributed by atoms with Gasteiger partial charge in [0.15, 0.2) is 0 Å². The van der Waals surface area contributed by atoms with Gasteiger partial charge in [0.25, 0.3) is 0 Å². The van der Waals surface area contributed by atoms with E-state index >= 15 is 0 Å². The van der Waals surface area contributed by atoms with Crippen LogP contribution in [0.5, 0.6) is 5.75 Å². The fourth-order valence-corrected chi connectivity index (χ4v) is 5.93. The Morgan fingerprint density at radius 3 is 2.43 bits per heavy atom. The van der Waals surface area contributed by atoms with Gasteiger partial charge in [-0.25, -0.2) is 0 Å². The molecule has 1 aromatic rings. The molecular weight excluding hydrogens is 411 g/mol. The van der Waals surface area contributed by atoms with Crippen molar-refractivity contribution in [1.29, 1.82) is 0 Å². The smallest absolute Gasteiger partial charge is 0.119 e. The number of unbranched alkanes of at least 4 members (excludes halogenated alkanes) is 2. The lowest BCUT2D eigenvalue weighted by atomic mass is 9.77. The van der Waals surface area contributed by atoms with Crippen molar-refractivity contribution < 1.29 is 4.74 Å². The van der Waals surface area contributed by atoms with Gasteiger partial charge in [0.1, 0.15) is 5.75 Å². The summed E-state index contributed by atoms with van der Waals surface area (Å²) >= 11 is 2.59. The van der Waals surface area contributed by atoms with E-state index in [1.807, 2.05) is 0 Å². The highest BCUT2D eigenvalue weighted by Gasteiger charge is 2.21. The topological polar surface area (TPSA) is 9.23 Å². The molecule has 0 aromatic heterocycles. The summed E-state index contributed by atoms with van der Waals surface area (Å²) in [5.41, 5.74) is 1.53. The van der Waals surface area contributed by atoms with Crippen molar-refractivity contribution in [2.75, 3.05) is 6.61 Å². The average molecular weight is 444 g/mol. The minimum atomic E-state index is 0.237. The molecule has 23 heavy (non-hydrogen) atoms. The Labute approximate surface area is 158 Å². The van der Waals surface area contributed by atoms with Crippen molar-refractivity contribution >= 4 is 28.8 Å². The van der Waals surface area contributed by atoms with Crippen LogP contribution in [-0.2, 0) is 0 Å². The molecular formula is C20H33IOSi. The Hall–Kier alpha value is -0.0331. The van der Waals surface area contributed by atoms with Crippen LogP contribution >= 0.6 is 21.8 Å². The minimum Gasteiger partial charge on any atom is -0.494 e. The minimum absolute atomic E-state index is 0.237. The maximum Gasteiger partial charge on any atom is 0.119 e. The molecule has 2 rings (SSSR count). The van der Waals surface area contributed by atoms with Crippen LogP contribution in [-0.4, -0.2) is 13.6 Å². The Balaban J connectivity index is 1.68. The fraction of sp³-hybridized carbons (Fsp3) is 0.700. The molecule has 0 saturated heterocycles. The molecule has 1 aromatic carbocycles. The van der Waals surface area contributed by atoms with E-state index in [4.69, 9.17) is 4.74 Å². The van der Waals surface area contributed by atoms with Crippen LogP contribution in [0.2, 0.25) is 6.04 Å². The van der Waals surface area contributed by atoms with E-state index in [-0.39, 0.29) is 7.02 Å². The predicted molar refractivity (Wildman–Crippen MR) is 113 cm³/mol. The number of hydrogen-bond donors (Lipinski definition) is 0. The van der Waals surface area contributed by atoms with Crippen LogP contribution < -0.4 is 4.74 Å². The van der Waals surface area contributed by atoms with Crippen molar-refractivity contribution in [3.8, 4) is 5.75 Å². The summed E-state index contributed by atoms with van der Waals surface area (Å²) in [5.74, 6) is 2.83. The molecule has 0 N–H and O–H groups in total. The van der Waals surface area contributed by atoms with Crippen molar-refractivity contribution in [3.05, 3.63) is 29.8 Å². The van der Waals surface area contributed by atoms with Crippen LogP contribution in [0.25, 0.3) is 0 Å². The van der Waals surface area contributed by atoms with Crippen LogP contribution in [0, 0.1) is 5.92 Å². The van der Waals surface area contributed by atoms with Crippen LogP contribution in [0.3, 0.4) is 0 Å². The first-order valence-corrected chi connectivity index (χ1v) is 15.7. The molecule has 0 heterocycles. The summed E-state index contributed by atoms with van der Waals surface area (Å²) in [7, 11) is 0.237. The SMILES string of the molecule is CCC[C@H]1CC[C@H](c2ccc(OCCCCC[SiH2]I)cc2)CC1. The van der Waals surface area contributed by atoms with Crippen molar-refractivity contribution in [1.82, 2.24) is 0 Å². The second kappa shape index (κ2) is 11.5. The van der Waals surface area contributed by atoms with Gasteiger partial charge in [0.2, 0.25) is 0 Å². The summed E-state index contributed by atoms with van der Waals surface area (Å²) in [6.07, 6.45) is 12.3. The van der Waals surface area contributed by atoms with Gasteiger partial charge < -0.3 is 4.74 Å². The molecule has 0 aliphatic heterocycles. The first-order chi connectivity index (χ1) is 11.3. The third-order valence-corrected chi connectivity index (χ3v) is 8.25. The third-order valence-electron chi connectivity index (χ3n) is 5.19. The van der Waals surface area contributed by atoms with Crippen LogP contribution in [0.15, 0.2) is 24.3 Å². The molecule has 0 spiro atoms. The van der Waals surface area contributed by atoms with Crippen molar-refractivity contribution in [2.45, 2.75) is 76.7 Å². The summed E-state index contributed by atoms with van der Waals surface area (Å²) < 4.78 is 5.89. The Bertz CT molecular complexity index is 412. The first kappa shape index (κ1) is 19.3. The Morgan fingerprint density at radius 2 is 1.78 bits per heavy atom. The number of ether oxygens (including phenoxy) is 1. The molecule has 1 fully saturated rings. The van der Waals surface area contributed by atoms with Crippen molar-refractivity contribution in [2.24, 2.45) is 5.92 Å². The monoisotopic (exact) mass is 444 g/mol. The first-order valence-electron chi connectivity index (χ1n) is 9.62. The van der Waals surface area contributed by atoms with Gasteiger partial charge >= 0.3 is 0 Å². The molecule has 1 nitrogen and oxygen atoms in total. The second-order valence-electron chi connectivity index (χ2n) is 7.03. The molecule has 0 bridgehead atoms. The molecule has 0 atom stereocenters. The van der Waals surface area contributed by atoms with Gasteiger partial charge in [0, 0.05) is 0 Å². The molecule has 3 heteroatoms. The maximum absolute atomic E-state index is 5.89. The van der Waals surface area contributed by atoms with E-state index in [0.29, 0.717) is 0 Å². The molecule has 1 saturated carbocycles. The van der Waals surface area contributed by atoms with E-state index in [9.17, 15) is 0 Å². The van der Waals surface area contributed by atoms with Crippen LogP contribution in [0.1, 0.15) is 76.2 Å². The molecule has 1 aliphatic rings. The normalized spacial score (nSPS) is 21.8. The average Bonchev–Trinajstić information content (AvgIpc) is 2.60. The lowest BCUT2D eigenvalue weighted by molar-refractivity contribution is 0.303. The van der Waals surface area contributed by atoms with Gasteiger partial charge in [-0.3, -0.25) is 0 Å². The Morgan fingerprint density at radius 1 is 1.04 bits per heavy atom. The molecule has 0 radical (unpaired) electrons. The standard InChI is InChI=1S/C20H33IOSi/c1-2-6-17-7-9-18(10-8-17)19-11-13-20(14-12-19)22-15-4-3-5-16-23-21/h11-14,17-18H,2-10,15-16,23H2,1H3/t17-,18-. The van der Waals surface area contributed by atoms with Gasteiger partial charge in [-0.15, -0.1) is 21.8 Å². The summed E-state index contributed by atoms with van der Waals surface area (Å²) in [6, 6.07) is 10.5. The van der Waals surface area contributed by atoms with Gasteiger partial charge in [0.05, 0.1) is 13.6 Å². The van der Waals surface area contributed by atoms with Gasteiger partial charge in [-0.05, 0) is 61.6 Å². The fourth-order valence-electron chi connectivity index (χ4n) is 3.77. The predicted octanol–water partition coefficient (Wildman–Crippen LogP) is 6.25. The highest BCUT2D eigenvalue weighted by atomic mass is 127. The third kappa shape index (κ3) is 7.16. The number of rotatable bonds is 10. The zero-order valence-electron chi connectivity index (χ0n) is 14.7. The number of hydrogen-bond acceptors (Lipinski definition) is 1. The van der Waals surface area contributed by atoms with E-state index in [1.54, 1.807) is 0 Å². The van der Waals surface area contributed by atoms with E-state index < -0.39 is 0 Å². The highest BCUT2D eigenvalue weighted by Crippen LogP contribution is 2.37. The second-order valence-corrected chi connectivity index (χ2v) is 11.3. The summed E-state index contributed by atoms with van der Waals surface area (Å²) in [5, 5.41) is 0. The molecule has 130 valence electrons. The quantitative estimate of drug-likeness (QED) is 0.180.